The third kappa shape index (κ3) is 5.49. The van der Waals surface area contributed by atoms with Crippen LogP contribution in [0.4, 0.5) is 0 Å². The van der Waals surface area contributed by atoms with Gasteiger partial charge in [0, 0.05) is 39.6 Å². The smallest absolute Gasteiger partial charge is 0.0998 e. The summed E-state index contributed by atoms with van der Waals surface area (Å²) in [6.45, 7) is 10.2. The molecule has 0 spiro atoms. The van der Waals surface area contributed by atoms with E-state index < -0.39 is 0 Å². The molecular formula is C46H37N5. The molecule has 246 valence electrons. The highest BCUT2D eigenvalue weighted by Gasteiger charge is 2.31. The highest BCUT2D eigenvalue weighted by Crippen LogP contribution is 2.43. The molecular weight excluding hydrogens is 623 g/mol. The van der Waals surface area contributed by atoms with E-state index >= 15 is 0 Å². The van der Waals surface area contributed by atoms with Gasteiger partial charge in [-0.05, 0) is 109 Å². The minimum absolute atomic E-state index is 0.199. The normalized spacial score (nSPS) is 16.1. The van der Waals surface area contributed by atoms with Crippen LogP contribution >= 0.6 is 0 Å². The van der Waals surface area contributed by atoms with Crippen molar-refractivity contribution in [3.63, 3.8) is 0 Å². The van der Waals surface area contributed by atoms with Gasteiger partial charge in [-0.15, -0.1) is 0 Å². The highest BCUT2D eigenvalue weighted by molar-refractivity contribution is 5.91. The summed E-state index contributed by atoms with van der Waals surface area (Å²) in [5, 5.41) is 30.6. The largest absolute Gasteiger partial charge is 0.312 e. The zero-order valence-electron chi connectivity index (χ0n) is 29.1. The molecule has 2 unspecified atom stereocenters. The quantitative estimate of drug-likeness (QED) is 0.163. The lowest BCUT2D eigenvalue weighted by molar-refractivity contribution is 0.788. The van der Waals surface area contributed by atoms with Gasteiger partial charge in [-0.2, -0.15) is 15.8 Å². The Balaban J connectivity index is 1.47. The molecule has 0 amide bonds. The molecule has 2 aliphatic carbocycles. The molecule has 7 rings (SSSR count). The minimum atomic E-state index is -0.297. The van der Waals surface area contributed by atoms with Crippen LogP contribution in [-0.2, 0) is 6.42 Å². The Morgan fingerprint density at radius 2 is 1.61 bits per heavy atom. The van der Waals surface area contributed by atoms with Crippen molar-refractivity contribution < 1.29 is 0 Å². The molecule has 0 fully saturated rings. The zero-order chi connectivity index (χ0) is 35.6. The summed E-state index contributed by atoms with van der Waals surface area (Å²) in [7, 11) is 0. The number of aromatic nitrogens is 2. The van der Waals surface area contributed by atoms with Gasteiger partial charge in [-0.25, -0.2) is 0 Å². The standard InChI is InChI=1S/C46H37N5/c1-5-7-21-42-31(4)30(3)41(13-6-2)51(42)44-22-12-15-34(28-48)45(44)38-19-9-8-18-37(38)33-14-10-17-36(26-33)50-43-24-23-32(27-47)25-40(43)39-20-11-16-35(29-49)46(39)50/h5-15,17-24,26,32,35H,1,16,25H2,2-4H3/b13-6-,21-7-. The lowest BCUT2D eigenvalue weighted by atomic mass is 9.87. The number of benzene rings is 3. The number of hydrogen-bond donors (Lipinski definition) is 0. The number of allylic oxidation sites excluding steroid dienone is 5. The Bertz CT molecular complexity index is 2470. The molecule has 0 bridgehead atoms. The molecule has 2 atom stereocenters. The summed E-state index contributed by atoms with van der Waals surface area (Å²) in [6.07, 6.45) is 19.5. The van der Waals surface area contributed by atoms with Gasteiger partial charge in [-0.1, -0.05) is 85.5 Å². The molecule has 5 heteroatoms. The van der Waals surface area contributed by atoms with Gasteiger partial charge in [0.05, 0.1) is 41.3 Å². The maximum absolute atomic E-state index is 10.6. The van der Waals surface area contributed by atoms with E-state index in [2.05, 4.69) is 115 Å². The monoisotopic (exact) mass is 659 g/mol. The first-order valence-corrected chi connectivity index (χ1v) is 17.2. The fraction of sp³-hybridized carbons (Fsp3) is 0.152. The van der Waals surface area contributed by atoms with Crippen LogP contribution < -0.4 is 0 Å². The van der Waals surface area contributed by atoms with Gasteiger partial charge < -0.3 is 9.13 Å². The average Bonchev–Trinajstić information content (AvgIpc) is 3.63. The summed E-state index contributed by atoms with van der Waals surface area (Å²) in [5.41, 5.74) is 14.8. The van der Waals surface area contributed by atoms with Gasteiger partial charge in [0.1, 0.15) is 0 Å². The molecule has 2 aromatic heterocycles. The van der Waals surface area contributed by atoms with Crippen LogP contribution in [-0.4, -0.2) is 9.13 Å². The van der Waals surface area contributed by atoms with Crippen LogP contribution in [0.2, 0.25) is 0 Å². The summed E-state index contributed by atoms with van der Waals surface area (Å²) in [5.74, 6) is -0.496. The van der Waals surface area contributed by atoms with Crippen molar-refractivity contribution in [2.24, 2.45) is 5.92 Å². The third-order valence-corrected chi connectivity index (χ3v) is 10.2. The van der Waals surface area contributed by atoms with E-state index in [1.54, 1.807) is 6.08 Å². The van der Waals surface area contributed by atoms with E-state index in [-0.39, 0.29) is 11.8 Å². The maximum atomic E-state index is 10.6. The van der Waals surface area contributed by atoms with Crippen LogP contribution in [0.1, 0.15) is 69.9 Å². The second-order valence-corrected chi connectivity index (χ2v) is 13.0. The first-order valence-electron chi connectivity index (χ1n) is 17.2. The summed E-state index contributed by atoms with van der Waals surface area (Å²) < 4.78 is 4.47. The maximum Gasteiger partial charge on any atom is 0.0998 e. The van der Waals surface area contributed by atoms with Crippen molar-refractivity contribution in [1.82, 2.24) is 9.13 Å². The second kappa shape index (κ2) is 13.7. The molecule has 0 aliphatic heterocycles. The molecule has 51 heavy (non-hydrogen) atoms. The minimum Gasteiger partial charge on any atom is -0.312 e. The highest BCUT2D eigenvalue weighted by atomic mass is 15.0. The van der Waals surface area contributed by atoms with Gasteiger partial charge in [0.25, 0.3) is 0 Å². The Kier molecular flexibility index (Phi) is 8.85. The molecule has 0 saturated carbocycles. The predicted octanol–water partition coefficient (Wildman–Crippen LogP) is 11.1. The first-order chi connectivity index (χ1) is 24.9. The van der Waals surface area contributed by atoms with E-state index in [9.17, 15) is 15.8 Å². The fourth-order valence-electron chi connectivity index (χ4n) is 7.70. The average molecular weight is 660 g/mol. The Hall–Kier alpha value is -6.61. The van der Waals surface area contributed by atoms with Crippen LogP contribution in [0.15, 0.2) is 104 Å². The SMILES string of the molecule is C=C/C=C\c1c(C)c(C)c(/C=C\C)n1-c1cccc(C#N)c1-c1ccccc1-c1cccc(-n2c3c(c4c2C(C#N)CC=C4)CC(C#N)C=C3)c1. The molecule has 2 heterocycles. The van der Waals surface area contributed by atoms with Gasteiger partial charge in [-0.3, -0.25) is 0 Å². The van der Waals surface area contributed by atoms with Crippen LogP contribution in [0.3, 0.4) is 0 Å². The number of hydrogen-bond acceptors (Lipinski definition) is 3. The van der Waals surface area contributed by atoms with Gasteiger partial charge in [0.2, 0.25) is 0 Å². The van der Waals surface area contributed by atoms with Crippen molar-refractivity contribution in [3.8, 4) is 51.8 Å². The molecule has 5 aromatic rings. The number of nitriles is 3. The van der Waals surface area contributed by atoms with Gasteiger partial charge in [0.15, 0.2) is 0 Å². The van der Waals surface area contributed by atoms with E-state index in [1.165, 1.54) is 5.56 Å². The number of nitrogens with zero attached hydrogens (tertiary/aromatic N) is 5. The predicted molar refractivity (Wildman–Crippen MR) is 208 cm³/mol. The van der Waals surface area contributed by atoms with E-state index in [1.807, 2.05) is 55.5 Å². The lowest BCUT2D eigenvalue weighted by Gasteiger charge is -2.21. The Morgan fingerprint density at radius 1 is 0.843 bits per heavy atom. The van der Waals surface area contributed by atoms with Crippen LogP contribution in [0, 0.1) is 53.8 Å². The van der Waals surface area contributed by atoms with Crippen molar-refractivity contribution >= 4 is 24.3 Å². The van der Waals surface area contributed by atoms with Crippen molar-refractivity contribution in [1.29, 1.82) is 15.8 Å². The molecule has 3 aromatic carbocycles. The van der Waals surface area contributed by atoms with E-state index in [0.29, 0.717) is 18.4 Å². The number of fused-ring (bicyclic) bond motifs is 3. The van der Waals surface area contributed by atoms with Crippen molar-refractivity contribution in [2.45, 2.75) is 39.5 Å². The van der Waals surface area contributed by atoms with Crippen LogP contribution in [0.25, 0.3) is 57.9 Å². The molecule has 0 radical (unpaired) electrons. The molecule has 0 saturated heterocycles. The van der Waals surface area contributed by atoms with E-state index in [4.69, 9.17) is 0 Å². The lowest BCUT2D eigenvalue weighted by Crippen LogP contribution is -2.09. The first kappa shape index (κ1) is 32.9. The molecule has 2 aliphatic rings. The molecule has 0 N–H and O–H groups in total. The summed E-state index contributed by atoms with van der Waals surface area (Å²) >= 11 is 0. The van der Waals surface area contributed by atoms with Gasteiger partial charge >= 0.3 is 0 Å². The Morgan fingerprint density at radius 3 is 2.33 bits per heavy atom. The topological polar surface area (TPSA) is 81.2 Å². The zero-order valence-corrected chi connectivity index (χ0v) is 29.1. The van der Waals surface area contributed by atoms with Crippen LogP contribution in [0.5, 0.6) is 0 Å². The van der Waals surface area contributed by atoms with E-state index in [0.717, 1.165) is 73.1 Å². The summed E-state index contributed by atoms with van der Waals surface area (Å²) in [4.78, 5) is 0. The molecule has 5 nitrogen and oxygen atoms in total. The third-order valence-electron chi connectivity index (χ3n) is 10.2. The summed E-state index contributed by atoms with van der Waals surface area (Å²) in [6, 6.07) is 30.1. The second-order valence-electron chi connectivity index (χ2n) is 13.0. The van der Waals surface area contributed by atoms with Crippen molar-refractivity contribution in [3.05, 3.63) is 154 Å². The van der Waals surface area contributed by atoms with Crippen molar-refractivity contribution in [2.75, 3.05) is 0 Å². The number of rotatable bonds is 7. The fourth-order valence-corrected chi connectivity index (χ4v) is 7.70. The Labute approximate surface area is 300 Å².